The van der Waals surface area contributed by atoms with Gasteiger partial charge in [-0.05, 0) is 24.1 Å². The van der Waals surface area contributed by atoms with Crippen LogP contribution in [0.25, 0.3) is 11.3 Å². The Morgan fingerprint density at radius 3 is 2.84 bits per heavy atom. The van der Waals surface area contributed by atoms with E-state index in [9.17, 15) is 19.5 Å². The molecule has 2 aromatic rings. The molecule has 0 radical (unpaired) electrons. The van der Waals surface area contributed by atoms with Crippen LogP contribution < -0.4 is 29.6 Å². The first-order valence-corrected chi connectivity index (χ1v) is 10.9. The number of amides is 2. The van der Waals surface area contributed by atoms with Crippen LogP contribution in [-0.2, 0) is 14.4 Å². The van der Waals surface area contributed by atoms with Crippen LogP contribution in [0.3, 0.4) is 0 Å². The van der Waals surface area contributed by atoms with Crippen LogP contribution in [0.1, 0.15) is 25.0 Å². The van der Waals surface area contributed by atoms with E-state index in [1.165, 1.54) is 23.2 Å². The topological polar surface area (TPSA) is 104 Å². The molecular formula is C20H19N4NaO4S2. The van der Waals surface area contributed by atoms with E-state index in [1.807, 2.05) is 17.5 Å². The molecule has 0 spiro atoms. The second-order valence-electron chi connectivity index (χ2n) is 7.67. The number of hydrogen-bond donors (Lipinski definition) is 2. The third-order valence-electron chi connectivity index (χ3n) is 6.04. The minimum atomic E-state index is -1.15. The summed E-state index contributed by atoms with van der Waals surface area (Å²) in [6, 6.07) is 2.92. The second kappa shape index (κ2) is 8.32. The quantitative estimate of drug-likeness (QED) is 0.344. The standard InChI is InChI=1S/C20H18N4O4S2.Na.H/c1-9(25)23-7-11-5-12(15(20(27)28)24-14(11)16(23)19(24)26)17(29)18-22-13(8-30-18)10-3-2-4-21-6-10;;/h2-4,6,8,11,14,16-17,29H,5,7H2,1H3,(H,27,28);;/q;+1;-1/t11-,14-,16+,17?;;/m1../s1. The third kappa shape index (κ3) is 3.45. The summed E-state index contributed by atoms with van der Waals surface area (Å²) in [4.78, 5) is 48.5. The average Bonchev–Trinajstić information content (AvgIpc) is 3.36. The van der Waals surface area contributed by atoms with E-state index in [0.29, 0.717) is 23.5 Å². The number of pyridine rings is 1. The molecule has 1 N–H and O–H groups in total. The fourth-order valence-corrected chi connectivity index (χ4v) is 6.06. The molecule has 2 amide bonds. The second-order valence-corrected chi connectivity index (χ2v) is 9.08. The molecule has 1 unspecified atom stereocenters. The molecule has 0 aliphatic carbocycles. The van der Waals surface area contributed by atoms with Crippen LogP contribution >= 0.6 is 24.0 Å². The van der Waals surface area contributed by atoms with E-state index in [0.717, 1.165) is 11.3 Å². The van der Waals surface area contributed by atoms with Gasteiger partial charge in [-0.1, -0.05) is 0 Å². The predicted octanol–water partition coefficient (Wildman–Crippen LogP) is -0.907. The van der Waals surface area contributed by atoms with Gasteiger partial charge in [0.2, 0.25) is 5.91 Å². The minimum absolute atomic E-state index is 0. The maximum Gasteiger partial charge on any atom is 1.00 e. The van der Waals surface area contributed by atoms with Crippen LogP contribution in [0, 0.1) is 5.92 Å². The number of carbonyl (C=O) groups is 3. The molecule has 0 bridgehead atoms. The van der Waals surface area contributed by atoms with E-state index in [2.05, 4.69) is 9.97 Å². The first-order valence-electron chi connectivity index (χ1n) is 9.49. The van der Waals surface area contributed by atoms with Crippen LogP contribution in [0.5, 0.6) is 0 Å². The number of β-lactam (4-membered cyclic amide) rings is 1. The Bertz CT molecular complexity index is 1110. The van der Waals surface area contributed by atoms with Gasteiger partial charge in [0.1, 0.15) is 16.7 Å². The molecule has 2 saturated heterocycles. The van der Waals surface area contributed by atoms with Gasteiger partial charge >= 0.3 is 35.5 Å². The van der Waals surface area contributed by atoms with Gasteiger partial charge in [0.25, 0.3) is 5.91 Å². The fraction of sp³-hybridized carbons (Fsp3) is 0.350. The Morgan fingerprint density at radius 2 is 2.19 bits per heavy atom. The summed E-state index contributed by atoms with van der Waals surface area (Å²) in [6.07, 6.45) is 3.86. The van der Waals surface area contributed by atoms with Crippen LogP contribution in [0.2, 0.25) is 0 Å². The molecule has 4 atom stereocenters. The number of rotatable bonds is 4. The summed E-state index contributed by atoms with van der Waals surface area (Å²) in [5, 5.41) is 11.9. The first-order chi connectivity index (χ1) is 14.4. The third-order valence-corrected chi connectivity index (χ3v) is 7.68. The molecule has 11 heteroatoms. The van der Waals surface area contributed by atoms with Crippen molar-refractivity contribution in [2.24, 2.45) is 5.92 Å². The van der Waals surface area contributed by atoms with Gasteiger partial charge in [0.05, 0.1) is 17.0 Å². The maximum atomic E-state index is 12.8. The molecule has 2 aromatic heterocycles. The summed E-state index contributed by atoms with van der Waals surface area (Å²) in [6.45, 7) is 1.89. The Labute approximate surface area is 211 Å². The molecule has 3 aliphatic heterocycles. The Kier molecular flexibility index (Phi) is 6.04. The zero-order valence-electron chi connectivity index (χ0n) is 17.9. The van der Waals surface area contributed by atoms with Gasteiger partial charge in [-0.15, -0.1) is 11.3 Å². The number of nitrogens with zero attached hydrogens (tertiary/aromatic N) is 4. The largest absolute Gasteiger partial charge is 1.00 e. The number of aromatic nitrogens is 2. The SMILES string of the molecule is CC(=O)N1C[C@H]2CC(C(S)c3nc(-c4cccnc4)cs3)=C(C(=O)O)N3C(=O)[C@@H]1[C@@H]23.[H-].[Na+]. The Balaban J connectivity index is 0.00000144. The monoisotopic (exact) mass is 466 g/mol. The first kappa shape index (κ1) is 22.5. The average molecular weight is 467 g/mol. The van der Waals surface area contributed by atoms with Crippen LogP contribution in [0.4, 0.5) is 0 Å². The van der Waals surface area contributed by atoms with Gasteiger partial charge in [0.15, 0.2) is 0 Å². The van der Waals surface area contributed by atoms with Crippen molar-refractivity contribution >= 4 is 41.7 Å². The summed E-state index contributed by atoms with van der Waals surface area (Å²) in [5.74, 6) is -1.64. The van der Waals surface area contributed by atoms with Crippen molar-refractivity contribution in [2.45, 2.75) is 30.7 Å². The molecular weight excluding hydrogens is 447 g/mol. The summed E-state index contributed by atoms with van der Waals surface area (Å²) in [5.41, 5.74) is 2.17. The van der Waals surface area contributed by atoms with Crippen LogP contribution in [0.15, 0.2) is 41.2 Å². The molecule has 156 valence electrons. The molecule has 2 fully saturated rings. The molecule has 31 heavy (non-hydrogen) atoms. The summed E-state index contributed by atoms with van der Waals surface area (Å²) in [7, 11) is 0. The number of thiol groups is 1. The van der Waals surface area contributed by atoms with Gasteiger partial charge in [-0.3, -0.25) is 19.5 Å². The van der Waals surface area contributed by atoms with E-state index in [1.54, 1.807) is 17.3 Å². The molecule has 5 heterocycles. The number of likely N-dealkylation sites (tertiary alicyclic amines) is 1. The molecule has 0 aromatic carbocycles. The van der Waals surface area contributed by atoms with Crippen molar-refractivity contribution < 1.29 is 50.5 Å². The number of hydrogen-bond acceptors (Lipinski definition) is 7. The zero-order valence-corrected chi connectivity index (χ0v) is 20.6. The summed E-state index contributed by atoms with van der Waals surface area (Å²) >= 11 is 6.11. The van der Waals surface area contributed by atoms with Gasteiger partial charge in [0, 0.05) is 42.7 Å². The molecule has 3 aliphatic rings. The normalized spacial score (nSPS) is 25.0. The van der Waals surface area contributed by atoms with Gasteiger partial charge in [-0.2, -0.15) is 12.6 Å². The molecule has 0 saturated carbocycles. The van der Waals surface area contributed by atoms with Crippen molar-refractivity contribution in [3.8, 4) is 11.3 Å². The van der Waals surface area contributed by atoms with Crippen molar-refractivity contribution in [3.05, 3.63) is 46.2 Å². The number of carbonyl (C=O) groups excluding carboxylic acids is 2. The van der Waals surface area contributed by atoms with Gasteiger partial charge in [-0.25, -0.2) is 9.78 Å². The number of thiazole rings is 1. The van der Waals surface area contributed by atoms with E-state index >= 15 is 0 Å². The van der Waals surface area contributed by atoms with Crippen molar-refractivity contribution in [3.63, 3.8) is 0 Å². The van der Waals surface area contributed by atoms with Gasteiger partial charge < -0.3 is 11.4 Å². The van der Waals surface area contributed by atoms with Crippen molar-refractivity contribution in [1.82, 2.24) is 19.8 Å². The molecule has 8 nitrogen and oxygen atoms in total. The number of carboxylic acid groups (broad SMARTS) is 1. The van der Waals surface area contributed by atoms with E-state index in [4.69, 9.17) is 12.6 Å². The fourth-order valence-electron chi connectivity index (χ4n) is 4.75. The number of aliphatic carboxylic acids is 1. The van der Waals surface area contributed by atoms with Crippen molar-refractivity contribution in [2.75, 3.05) is 6.54 Å². The zero-order chi connectivity index (χ0) is 21.2. The smallest absolute Gasteiger partial charge is 1.00 e. The number of carboxylic acids is 1. The molecule has 5 rings (SSSR count). The van der Waals surface area contributed by atoms with E-state index < -0.39 is 17.3 Å². The minimum Gasteiger partial charge on any atom is -1.00 e. The Hall–Kier alpha value is -1.72. The predicted molar refractivity (Wildman–Crippen MR) is 113 cm³/mol. The Morgan fingerprint density at radius 1 is 1.42 bits per heavy atom. The van der Waals surface area contributed by atoms with Crippen molar-refractivity contribution in [1.29, 1.82) is 0 Å². The maximum absolute atomic E-state index is 12.8. The van der Waals surface area contributed by atoms with Crippen LogP contribution in [-0.4, -0.2) is 61.3 Å². The summed E-state index contributed by atoms with van der Waals surface area (Å²) < 4.78 is 0. The van der Waals surface area contributed by atoms with E-state index in [-0.39, 0.29) is 60.5 Å².